The minimum absolute atomic E-state index is 0.386. The Morgan fingerprint density at radius 2 is 2.14 bits per heavy atom. The molecular formula is C11H13NO2. The summed E-state index contributed by atoms with van der Waals surface area (Å²) in [5.41, 5.74) is 1.12. The molecule has 0 aliphatic rings. The Hall–Kier alpha value is -1.69. The second kappa shape index (κ2) is 5.13. The molecule has 0 N–H and O–H groups in total. The maximum Gasteiger partial charge on any atom is 0.161 e. The predicted molar refractivity (Wildman–Crippen MR) is 53.5 cm³/mol. The molecule has 0 aromatic heterocycles. The largest absolute Gasteiger partial charge is 0.493 e. The average Bonchev–Trinajstić information content (AvgIpc) is 2.20. The lowest BCUT2D eigenvalue weighted by molar-refractivity contribution is 0.301. The van der Waals surface area contributed by atoms with Crippen molar-refractivity contribution in [3.63, 3.8) is 0 Å². The highest BCUT2D eigenvalue weighted by atomic mass is 16.5. The fraction of sp³-hybridized carbons (Fsp3) is 0.364. The summed E-state index contributed by atoms with van der Waals surface area (Å²) in [5, 5.41) is 8.35. The lowest BCUT2D eigenvalue weighted by Crippen LogP contribution is -1.98. The van der Waals surface area contributed by atoms with Gasteiger partial charge in [0.2, 0.25) is 0 Å². The smallest absolute Gasteiger partial charge is 0.161 e. The Kier molecular flexibility index (Phi) is 3.81. The van der Waals surface area contributed by atoms with Crippen LogP contribution < -0.4 is 9.47 Å². The molecule has 0 spiro atoms. The molecule has 0 saturated heterocycles. The number of rotatable bonds is 4. The Morgan fingerprint density at radius 1 is 1.36 bits per heavy atom. The van der Waals surface area contributed by atoms with Crippen LogP contribution in [0.2, 0.25) is 0 Å². The molecule has 1 aromatic rings. The van der Waals surface area contributed by atoms with Gasteiger partial charge in [-0.05, 0) is 24.6 Å². The van der Waals surface area contributed by atoms with Gasteiger partial charge >= 0.3 is 0 Å². The van der Waals surface area contributed by atoms with Gasteiger partial charge in [-0.3, -0.25) is 0 Å². The highest BCUT2D eigenvalue weighted by Gasteiger charge is 2.03. The van der Waals surface area contributed by atoms with Crippen LogP contribution in [0.3, 0.4) is 0 Å². The van der Waals surface area contributed by atoms with Gasteiger partial charge in [-0.2, -0.15) is 5.26 Å². The Bertz CT molecular complexity index is 342. The molecule has 0 bridgehead atoms. The topological polar surface area (TPSA) is 42.2 Å². The molecule has 1 aromatic carbocycles. The summed E-state index contributed by atoms with van der Waals surface area (Å²) in [4.78, 5) is 0. The van der Waals surface area contributed by atoms with Crippen LogP contribution in [0.5, 0.6) is 11.5 Å². The SMILES string of the molecule is COc1cc(C)ccc1OCCC#N. The summed E-state index contributed by atoms with van der Waals surface area (Å²) < 4.78 is 10.5. The number of methoxy groups -OCH3 is 1. The van der Waals surface area contributed by atoms with E-state index in [0.717, 1.165) is 5.56 Å². The second-order valence-corrected chi connectivity index (χ2v) is 2.91. The first-order valence-corrected chi connectivity index (χ1v) is 4.42. The summed E-state index contributed by atoms with van der Waals surface area (Å²) in [6, 6.07) is 7.73. The number of hydrogen-bond donors (Lipinski definition) is 0. The zero-order chi connectivity index (χ0) is 10.4. The number of benzene rings is 1. The van der Waals surface area contributed by atoms with Crippen molar-refractivity contribution in [1.29, 1.82) is 5.26 Å². The van der Waals surface area contributed by atoms with Crippen molar-refractivity contribution in [2.45, 2.75) is 13.3 Å². The van der Waals surface area contributed by atoms with Crippen LogP contribution >= 0.6 is 0 Å². The van der Waals surface area contributed by atoms with Crippen LogP contribution in [0.1, 0.15) is 12.0 Å². The molecule has 0 atom stereocenters. The van der Waals surface area contributed by atoms with Crippen LogP contribution in [0.4, 0.5) is 0 Å². The molecule has 0 unspecified atom stereocenters. The Morgan fingerprint density at radius 3 is 2.79 bits per heavy atom. The van der Waals surface area contributed by atoms with E-state index in [1.165, 1.54) is 0 Å². The van der Waals surface area contributed by atoms with Crippen LogP contribution in [0.15, 0.2) is 18.2 Å². The van der Waals surface area contributed by atoms with Crippen molar-refractivity contribution < 1.29 is 9.47 Å². The third kappa shape index (κ3) is 2.67. The van der Waals surface area contributed by atoms with E-state index in [4.69, 9.17) is 14.7 Å². The lowest BCUT2D eigenvalue weighted by Gasteiger charge is -2.09. The van der Waals surface area contributed by atoms with Gasteiger partial charge in [-0.15, -0.1) is 0 Å². The normalized spacial score (nSPS) is 9.21. The van der Waals surface area contributed by atoms with Crippen LogP contribution in [0, 0.1) is 18.3 Å². The van der Waals surface area contributed by atoms with Crippen molar-refractivity contribution >= 4 is 0 Å². The molecular weight excluding hydrogens is 178 g/mol. The minimum Gasteiger partial charge on any atom is -0.493 e. The first kappa shape index (κ1) is 10.4. The highest BCUT2D eigenvalue weighted by molar-refractivity contribution is 5.42. The van der Waals surface area contributed by atoms with Crippen LogP contribution in [0.25, 0.3) is 0 Å². The fourth-order valence-corrected chi connectivity index (χ4v) is 1.10. The lowest BCUT2D eigenvalue weighted by atomic mass is 10.2. The van der Waals surface area contributed by atoms with Crippen molar-refractivity contribution in [1.82, 2.24) is 0 Å². The van der Waals surface area contributed by atoms with Gasteiger partial charge in [0.25, 0.3) is 0 Å². The van der Waals surface area contributed by atoms with E-state index in [0.29, 0.717) is 24.5 Å². The summed E-state index contributed by atoms with van der Waals surface area (Å²) >= 11 is 0. The van der Waals surface area contributed by atoms with Crippen molar-refractivity contribution in [2.75, 3.05) is 13.7 Å². The van der Waals surface area contributed by atoms with Gasteiger partial charge in [0.1, 0.15) is 6.61 Å². The van der Waals surface area contributed by atoms with Gasteiger partial charge < -0.3 is 9.47 Å². The van der Waals surface area contributed by atoms with Gasteiger partial charge in [0, 0.05) is 0 Å². The van der Waals surface area contributed by atoms with E-state index in [2.05, 4.69) is 0 Å². The molecule has 0 heterocycles. The number of hydrogen-bond acceptors (Lipinski definition) is 3. The number of aryl methyl sites for hydroxylation is 1. The maximum atomic E-state index is 8.35. The number of ether oxygens (including phenoxy) is 2. The summed E-state index contributed by atoms with van der Waals surface area (Å²) in [5.74, 6) is 1.40. The van der Waals surface area contributed by atoms with E-state index < -0.39 is 0 Å². The molecule has 3 heteroatoms. The third-order valence-electron chi connectivity index (χ3n) is 1.79. The van der Waals surface area contributed by atoms with Crippen molar-refractivity contribution in [3.8, 4) is 17.6 Å². The molecule has 1 rings (SSSR count). The Labute approximate surface area is 83.9 Å². The molecule has 0 fully saturated rings. The Balaban J connectivity index is 2.71. The number of nitriles is 1. The first-order chi connectivity index (χ1) is 6.77. The zero-order valence-corrected chi connectivity index (χ0v) is 8.41. The van der Waals surface area contributed by atoms with E-state index in [1.807, 2.05) is 31.2 Å². The summed E-state index contributed by atoms with van der Waals surface area (Å²) in [7, 11) is 1.60. The predicted octanol–water partition coefficient (Wildman–Crippen LogP) is 2.30. The third-order valence-corrected chi connectivity index (χ3v) is 1.79. The standard InChI is InChI=1S/C11H13NO2/c1-9-4-5-10(11(8-9)13-2)14-7-3-6-12/h4-5,8H,3,7H2,1-2H3. The monoisotopic (exact) mass is 191 g/mol. The highest BCUT2D eigenvalue weighted by Crippen LogP contribution is 2.27. The molecule has 0 radical (unpaired) electrons. The van der Waals surface area contributed by atoms with Crippen molar-refractivity contribution in [2.24, 2.45) is 0 Å². The van der Waals surface area contributed by atoms with E-state index in [-0.39, 0.29) is 0 Å². The van der Waals surface area contributed by atoms with Crippen LogP contribution in [-0.2, 0) is 0 Å². The van der Waals surface area contributed by atoms with Gasteiger partial charge in [-0.1, -0.05) is 6.07 Å². The van der Waals surface area contributed by atoms with Gasteiger partial charge in [0.05, 0.1) is 19.6 Å². The van der Waals surface area contributed by atoms with Gasteiger partial charge in [0.15, 0.2) is 11.5 Å². The van der Waals surface area contributed by atoms with E-state index in [9.17, 15) is 0 Å². The van der Waals surface area contributed by atoms with Gasteiger partial charge in [-0.25, -0.2) is 0 Å². The van der Waals surface area contributed by atoms with E-state index >= 15 is 0 Å². The quantitative estimate of drug-likeness (QED) is 0.686. The van der Waals surface area contributed by atoms with Crippen molar-refractivity contribution in [3.05, 3.63) is 23.8 Å². The molecule has 3 nitrogen and oxygen atoms in total. The minimum atomic E-state index is 0.386. The molecule has 0 saturated carbocycles. The molecule has 74 valence electrons. The molecule has 14 heavy (non-hydrogen) atoms. The maximum absolute atomic E-state index is 8.35. The summed E-state index contributed by atoms with van der Waals surface area (Å²) in [6.07, 6.45) is 0.386. The zero-order valence-electron chi connectivity index (χ0n) is 8.41. The number of nitrogens with zero attached hydrogens (tertiary/aromatic N) is 1. The summed E-state index contributed by atoms with van der Waals surface area (Å²) in [6.45, 7) is 2.39. The molecule has 0 amide bonds. The first-order valence-electron chi connectivity index (χ1n) is 4.42. The van der Waals surface area contributed by atoms with E-state index in [1.54, 1.807) is 7.11 Å². The van der Waals surface area contributed by atoms with Crippen LogP contribution in [-0.4, -0.2) is 13.7 Å². The molecule has 0 aliphatic heterocycles. The second-order valence-electron chi connectivity index (χ2n) is 2.91. The molecule has 0 aliphatic carbocycles. The fourth-order valence-electron chi connectivity index (χ4n) is 1.10. The average molecular weight is 191 g/mol.